The van der Waals surface area contributed by atoms with Crippen molar-refractivity contribution in [2.75, 3.05) is 0 Å². The number of nitrogens with zero attached hydrogens (tertiary/aromatic N) is 2. The molecule has 0 radical (unpaired) electrons. The Bertz CT molecular complexity index is 606. The molecule has 0 spiro atoms. The van der Waals surface area contributed by atoms with Gasteiger partial charge in [-0.3, -0.25) is 0 Å². The number of rotatable bonds is 6. The number of carboxylic acid groups (broad SMARTS) is 1. The molecule has 0 aliphatic carbocycles. The van der Waals surface area contributed by atoms with Crippen molar-refractivity contribution in [3.05, 3.63) is 30.1 Å². The minimum Gasteiger partial charge on any atom is -0.480 e. The van der Waals surface area contributed by atoms with Crippen LogP contribution in [0.4, 0.5) is 0 Å². The molecule has 20 heavy (non-hydrogen) atoms. The molecule has 1 aromatic carbocycles. The number of hydrogen-bond donors (Lipinski definition) is 2. The Hall–Kier alpha value is -1.88. The van der Waals surface area contributed by atoms with E-state index in [0.717, 1.165) is 30.3 Å². The largest absolute Gasteiger partial charge is 0.480 e. The van der Waals surface area contributed by atoms with Crippen molar-refractivity contribution in [3.8, 4) is 0 Å². The summed E-state index contributed by atoms with van der Waals surface area (Å²) in [6.07, 6.45) is 2.88. The zero-order valence-electron chi connectivity index (χ0n) is 11.9. The Morgan fingerprint density at radius 2 is 2.15 bits per heavy atom. The Morgan fingerprint density at radius 1 is 1.45 bits per heavy atom. The van der Waals surface area contributed by atoms with Gasteiger partial charge < -0.3 is 15.4 Å². The molecule has 1 heterocycles. The van der Waals surface area contributed by atoms with Crippen LogP contribution in [-0.2, 0) is 4.79 Å². The van der Waals surface area contributed by atoms with Crippen molar-refractivity contribution in [2.45, 2.75) is 45.2 Å². The standard InChI is InChI=1S/C15H21N3O2/c1-3-4-7-11(16)14-17-12-8-5-6-9-13(12)18(14)10(2)15(19)20/h5-6,8-11H,3-4,7,16H2,1-2H3,(H,19,20). The van der Waals surface area contributed by atoms with Crippen molar-refractivity contribution < 1.29 is 9.90 Å². The molecule has 0 amide bonds. The summed E-state index contributed by atoms with van der Waals surface area (Å²) in [5.74, 6) is -0.216. The number of carboxylic acids is 1. The lowest BCUT2D eigenvalue weighted by molar-refractivity contribution is -0.140. The van der Waals surface area contributed by atoms with E-state index in [4.69, 9.17) is 5.73 Å². The Balaban J connectivity index is 2.52. The summed E-state index contributed by atoms with van der Waals surface area (Å²) in [6.45, 7) is 3.77. The van der Waals surface area contributed by atoms with E-state index in [1.54, 1.807) is 11.5 Å². The average molecular weight is 275 g/mol. The first-order valence-corrected chi connectivity index (χ1v) is 7.01. The van der Waals surface area contributed by atoms with E-state index >= 15 is 0 Å². The second-order valence-electron chi connectivity index (χ2n) is 5.09. The Morgan fingerprint density at radius 3 is 2.80 bits per heavy atom. The monoisotopic (exact) mass is 275 g/mol. The molecular formula is C15H21N3O2. The Labute approximate surface area is 118 Å². The highest BCUT2D eigenvalue weighted by atomic mass is 16.4. The van der Waals surface area contributed by atoms with Gasteiger partial charge in [-0.05, 0) is 25.5 Å². The number of aromatic nitrogens is 2. The molecule has 0 saturated carbocycles. The number of fused-ring (bicyclic) bond motifs is 1. The fraction of sp³-hybridized carbons (Fsp3) is 0.467. The maximum atomic E-state index is 11.3. The zero-order valence-corrected chi connectivity index (χ0v) is 11.9. The summed E-state index contributed by atoms with van der Waals surface area (Å²) in [6, 6.07) is 6.64. The van der Waals surface area contributed by atoms with Crippen LogP contribution in [0.1, 0.15) is 51.0 Å². The number of para-hydroxylation sites is 2. The van der Waals surface area contributed by atoms with Crippen molar-refractivity contribution in [1.82, 2.24) is 9.55 Å². The predicted molar refractivity (Wildman–Crippen MR) is 78.5 cm³/mol. The first-order chi connectivity index (χ1) is 9.56. The zero-order chi connectivity index (χ0) is 14.7. The second-order valence-corrected chi connectivity index (χ2v) is 5.09. The van der Waals surface area contributed by atoms with E-state index in [0.29, 0.717) is 5.82 Å². The molecule has 108 valence electrons. The van der Waals surface area contributed by atoms with Crippen LogP contribution in [0.2, 0.25) is 0 Å². The molecule has 2 unspecified atom stereocenters. The van der Waals surface area contributed by atoms with Crippen molar-refractivity contribution in [2.24, 2.45) is 5.73 Å². The second kappa shape index (κ2) is 6.05. The van der Waals surface area contributed by atoms with Crippen LogP contribution in [0, 0.1) is 0 Å². The average Bonchev–Trinajstić information content (AvgIpc) is 2.83. The van der Waals surface area contributed by atoms with E-state index in [1.165, 1.54) is 0 Å². The molecule has 0 bridgehead atoms. The van der Waals surface area contributed by atoms with Crippen molar-refractivity contribution in [3.63, 3.8) is 0 Å². The molecular weight excluding hydrogens is 254 g/mol. The topological polar surface area (TPSA) is 81.1 Å². The van der Waals surface area contributed by atoms with E-state index in [1.807, 2.05) is 24.3 Å². The van der Waals surface area contributed by atoms with E-state index in [9.17, 15) is 9.90 Å². The van der Waals surface area contributed by atoms with Gasteiger partial charge in [-0.25, -0.2) is 9.78 Å². The lowest BCUT2D eigenvalue weighted by Gasteiger charge is -2.17. The van der Waals surface area contributed by atoms with Crippen LogP contribution in [-0.4, -0.2) is 20.6 Å². The first kappa shape index (κ1) is 14.5. The van der Waals surface area contributed by atoms with Crippen LogP contribution < -0.4 is 5.73 Å². The van der Waals surface area contributed by atoms with Crippen molar-refractivity contribution in [1.29, 1.82) is 0 Å². The lowest BCUT2D eigenvalue weighted by Crippen LogP contribution is -2.23. The summed E-state index contributed by atoms with van der Waals surface area (Å²) in [5, 5.41) is 9.31. The quantitative estimate of drug-likeness (QED) is 0.849. The van der Waals surface area contributed by atoms with Gasteiger partial charge in [0.1, 0.15) is 11.9 Å². The number of aliphatic carboxylic acids is 1. The van der Waals surface area contributed by atoms with Crippen LogP contribution >= 0.6 is 0 Å². The third-order valence-corrected chi connectivity index (χ3v) is 3.57. The highest BCUT2D eigenvalue weighted by Gasteiger charge is 2.23. The molecule has 5 nitrogen and oxygen atoms in total. The molecule has 0 aliphatic heterocycles. The summed E-state index contributed by atoms with van der Waals surface area (Å²) in [7, 11) is 0. The first-order valence-electron chi connectivity index (χ1n) is 7.01. The third-order valence-electron chi connectivity index (χ3n) is 3.57. The van der Waals surface area contributed by atoms with E-state index in [-0.39, 0.29) is 6.04 Å². The van der Waals surface area contributed by atoms with Gasteiger partial charge in [0.15, 0.2) is 0 Å². The minimum atomic E-state index is -0.878. The van der Waals surface area contributed by atoms with Crippen LogP contribution in [0.3, 0.4) is 0 Å². The predicted octanol–water partition coefficient (Wildman–Crippen LogP) is 2.87. The highest BCUT2D eigenvalue weighted by molar-refractivity contribution is 5.80. The van der Waals surface area contributed by atoms with Crippen LogP contribution in [0.15, 0.2) is 24.3 Å². The van der Waals surface area contributed by atoms with Gasteiger partial charge in [-0.2, -0.15) is 0 Å². The summed E-state index contributed by atoms with van der Waals surface area (Å²) < 4.78 is 1.75. The van der Waals surface area contributed by atoms with Gasteiger partial charge in [0.25, 0.3) is 0 Å². The maximum absolute atomic E-state index is 11.3. The molecule has 0 saturated heterocycles. The summed E-state index contributed by atoms with van der Waals surface area (Å²) in [4.78, 5) is 15.9. The fourth-order valence-corrected chi connectivity index (χ4v) is 2.40. The van der Waals surface area contributed by atoms with Gasteiger partial charge >= 0.3 is 5.97 Å². The summed E-state index contributed by atoms with van der Waals surface area (Å²) >= 11 is 0. The van der Waals surface area contributed by atoms with Gasteiger partial charge in [-0.1, -0.05) is 31.9 Å². The van der Waals surface area contributed by atoms with Gasteiger partial charge in [-0.15, -0.1) is 0 Å². The normalized spacial score (nSPS) is 14.3. The molecule has 5 heteroatoms. The maximum Gasteiger partial charge on any atom is 0.326 e. The van der Waals surface area contributed by atoms with E-state index in [2.05, 4.69) is 11.9 Å². The van der Waals surface area contributed by atoms with E-state index < -0.39 is 12.0 Å². The number of nitrogens with two attached hydrogens (primary N) is 1. The molecule has 0 aliphatic rings. The molecule has 3 N–H and O–H groups in total. The molecule has 2 aromatic rings. The minimum absolute atomic E-state index is 0.232. The van der Waals surface area contributed by atoms with Crippen LogP contribution in [0.25, 0.3) is 11.0 Å². The lowest BCUT2D eigenvalue weighted by atomic mass is 10.1. The van der Waals surface area contributed by atoms with Gasteiger partial charge in [0.2, 0.25) is 0 Å². The van der Waals surface area contributed by atoms with Crippen LogP contribution in [0.5, 0.6) is 0 Å². The SMILES string of the molecule is CCCCC(N)c1nc2ccccc2n1C(C)C(=O)O. The summed E-state index contributed by atoms with van der Waals surface area (Å²) in [5.41, 5.74) is 7.82. The number of unbranched alkanes of at least 4 members (excludes halogenated alkanes) is 1. The molecule has 1 aromatic heterocycles. The highest BCUT2D eigenvalue weighted by Crippen LogP contribution is 2.26. The Kier molecular flexibility index (Phi) is 4.39. The molecule has 2 rings (SSSR count). The van der Waals surface area contributed by atoms with Gasteiger partial charge in [0.05, 0.1) is 17.1 Å². The smallest absolute Gasteiger partial charge is 0.326 e. The van der Waals surface area contributed by atoms with Crippen molar-refractivity contribution >= 4 is 17.0 Å². The fourth-order valence-electron chi connectivity index (χ4n) is 2.40. The van der Waals surface area contributed by atoms with Gasteiger partial charge in [0, 0.05) is 0 Å². The third kappa shape index (κ3) is 2.67. The number of imidazole rings is 1. The number of carbonyl (C=O) groups is 1. The molecule has 2 atom stereocenters. The molecule has 0 fully saturated rings. The number of benzene rings is 1. The number of hydrogen-bond acceptors (Lipinski definition) is 3.